The number of ether oxygens (including phenoxy) is 1. The van der Waals surface area contributed by atoms with Crippen LogP contribution in [-0.2, 0) is 0 Å². The van der Waals surface area contributed by atoms with E-state index in [2.05, 4.69) is 4.74 Å². The molecule has 1 amide bonds. The molecular formula is C8H8Cl2FNO2. The monoisotopic (exact) mass is 239 g/mol. The lowest BCUT2D eigenvalue weighted by atomic mass is 10.3. The minimum atomic E-state index is -0.949. The van der Waals surface area contributed by atoms with Crippen LogP contribution in [0.25, 0.3) is 0 Å². The quantitative estimate of drug-likeness (QED) is 0.767. The highest BCUT2D eigenvalue weighted by molar-refractivity contribution is 6.40. The lowest BCUT2D eigenvalue weighted by Crippen LogP contribution is -2.16. The Kier molecular flexibility index (Phi) is 6.88. The Balaban J connectivity index is 0.000000500. The molecule has 0 radical (unpaired) electrons. The van der Waals surface area contributed by atoms with Gasteiger partial charge in [-0.2, -0.15) is 0 Å². The van der Waals surface area contributed by atoms with Crippen LogP contribution in [0.5, 0.6) is 5.75 Å². The highest BCUT2D eigenvalue weighted by Crippen LogP contribution is 2.11. The summed E-state index contributed by atoms with van der Waals surface area (Å²) >= 11 is 9.53. The Morgan fingerprint density at radius 2 is 2.07 bits per heavy atom. The molecule has 0 aliphatic heterocycles. The van der Waals surface area contributed by atoms with Crippen LogP contribution in [0, 0.1) is 5.82 Å². The molecular weight excluding hydrogens is 232 g/mol. The molecule has 1 aromatic carbocycles. The molecule has 0 heterocycles. The molecule has 0 saturated heterocycles. The van der Waals surface area contributed by atoms with Gasteiger partial charge in [-0.25, -0.2) is 9.18 Å². The van der Waals surface area contributed by atoms with Gasteiger partial charge in [-0.1, -0.05) is 6.07 Å². The summed E-state index contributed by atoms with van der Waals surface area (Å²) in [6.45, 7) is 0. The number of carbonyl (C=O) groups excluding carboxylic acids is 1. The first-order valence-corrected chi connectivity index (χ1v) is 4.51. The Hall–Kier alpha value is -1.00. The van der Waals surface area contributed by atoms with Crippen molar-refractivity contribution in [1.29, 1.82) is 0 Å². The lowest BCUT2D eigenvalue weighted by molar-refractivity contribution is 0.210. The predicted octanol–water partition coefficient (Wildman–Crippen LogP) is 2.70. The molecule has 78 valence electrons. The minimum absolute atomic E-state index is 0.109. The van der Waals surface area contributed by atoms with Crippen LogP contribution >= 0.6 is 23.2 Å². The van der Waals surface area contributed by atoms with Crippen molar-refractivity contribution >= 4 is 29.3 Å². The summed E-state index contributed by atoms with van der Waals surface area (Å²) in [5, 5.41) is 0.194. The molecule has 0 unspecified atom stereocenters. The van der Waals surface area contributed by atoms with Gasteiger partial charge in [-0.05, 0) is 12.1 Å². The first kappa shape index (κ1) is 13.0. The second-order valence-electron chi connectivity index (χ2n) is 1.98. The van der Waals surface area contributed by atoms with Gasteiger partial charge in [0.25, 0.3) is 0 Å². The van der Waals surface area contributed by atoms with Crippen LogP contribution in [0.3, 0.4) is 0 Å². The number of nitrogens with two attached hydrogens (primary N) is 1. The second-order valence-corrected chi connectivity index (χ2v) is 2.79. The zero-order valence-electron chi connectivity index (χ0n) is 7.04. The van der Waals surface area contributed by atoms with E-state index in [4.69, 9.17) is 28.9 Å². The van der Waals surface area contributed by atoms with Gasteiger partial charge in [-0.15, -0.1) is 23.2 Å². The first-order valence-electron chi connectivity index (χ1n) is 3.45. The van der Waals surface area contributed by atoms with Crippen LogP contribution in [-0.4, -0.2) is 11.4 Å². The van der Waals surface area contributed by atoms with Gasteiger partial charge >= 0.3 is 6.09 Å². The fourth-order valence-electron chi connectivity index (χ4n) is 0.647. The van der Waals surface area contributed by atoms with Crippen molar-refractivity contribution in [2.75, 3.05) is 5.34 Å². The summed E-state index contributed by atoms with van der Waals surface area (Å²) in [7, 11) is 0. The molecule has 6 heteroatoms. The average molecular weight is 240 g/mol. The van der Waals surface area contributed by atoms with Crippen molar-refractivity contribution < 1.29 is 13.9 Å². The van der Waals surface area contributed by atoms with Crippen LogP contribution in [0.15, 0.2) is 24.3 Å². The summed E-state index contributed by atoms with van der Waals surface area (Å²) in [6.07, 6.45) is -0.949. The van der Waals surface area contributed by atoms with Gasteiger partial charge in [0.2, 0.25) is 0 Å². The highest BCUT2D eigenvalue weighted by Gasteiger charge is 1.98. The highest BCUT2D eigenvalue weighted by atomic mass is 35.5. The van der Waals surface area contributed by atoms with Gasteiger partial charge in [-0.3, -0.25) is 0 Å². The first-order chi connectivity index (χ1) is 6.60. The molecule has 0 aliphatic rings. The van der Waals surface area contributed by atoms with Crippen LogP contribution in [0.2, 0.25) is 0 Å². The Morgan fingerprint density at radius 1 is 1.50 bits per heavy atom. The van der Waals surface area contributed by atoms with Gasteiger partial charge in [0, 0.05) is 6.07 Å². The second kappa shape index (κ2) is 7.41. The third kappa shape index (κ3) is 6.51. The smallest absolute Gasteiger partial charge is 0.409 e. The van der Waals surface area contributed by atoms with Gasteiger partial charge < -0.3 is 10.5 Å². The largest absolute Gasteiger partial charge is 0.410 e. The average Bonchev–Trinajstić information content (AvgIpc) is 2.03. The molecule has 0 fully saturated rings. The lowest BCUT2D eigenvalue weighted by Gasteiger charge is -1.98. The molecule has 0 spiro atoms. The Labute approximate surface area is 90.6 Å². The van der Waals surface area contributed by atoms with E-state index in [1.807, 2.05) is 0 Å². The SMILES string of the molecule is ClCCl.NC(=O)Oc1cccc(F)c1. The van der Waals surface area contributed by atoms with Crippen molar-refractivity contribution in [2.45, 2.75) is 0 Å². The van der Waals surface area contributed by atoms with E-state index in [0.717, 1.165) is 6.07 Å². The van der Waals surface area contributed by atoms with Gasteiger partial charge in [0.15, 0.2) is 0 Å². The molecule has 1 aromatic rings. The van der Waals surface area contributed by atoms with E-state index >= 15 is 0 Å². The maximum atomic E-state index is 12.4. The molecule has 0 bridgehead atoms. The van der Waals surface area contributed by atoms with E-state index in [1.54, 1.807) is 0 Å². The number of hydrogen-bond donors (Lipinski definition) is 1. The number of benzene rings is 1. The maximum absolute atomic E-state index is 12.4. The van der Waals surface area contributed by atoms with Crippen molar-refractivity contribution in [3.8, 4) is 5.75 Å². The molecule has 1 rings (SSSR count). The third-order valence-electron chi connectivity index (χ3n) is 1.01. The van der Waals surface area contributed by atoms with Crippen molar-refractivity contribution in [3.63, 3.8) is 0 Å². The zero-order chi connectivity index (χ0) is 11.0. The number of alkyl halides is 2. The van der Waals surface area contributed by atoms with Crippen molar-refractivity contribution in [2.24, 2.45) is 5.73 Å². The number of carbonyl (C=O) groups is 1. The van der Waals surface area contributed by atoms with E-state index in [-0.39, 0.29) is 11.1 Å². The number of amides is 1. The zero-order valence-corrected chi connectivity index (χ0v) is 8.56. The van der Waals surface area contributed by atoms with Crippen molar-refractivity contribution in [3.05, 3.63) is 30.1 Å². The molecule has 0 atom stereocenters. The summed E-state index contributed by atoms with van der Waals surface area (Å²) in [6, 6.07) is 5.18. The number of hydrogen-bond acceptors (Lipinski definition) is 2. The standard InChI is InChI=1S/C7H6FNO2.CH2Cl2/c8-5-2-1-3-6(4-5)11-7(9)10;2-1-3/h1-4H,(H2,9,10);1H2. The molecule has 3 nitrogen and oxygen atoms in total. The van der Waals surface area contributed by atoms with Crippen molar-refractivity contribution in [1.82, 2.24) is 0 Å². The number of halogens is 3. The summed E-state index contributed by atoms with van der Waals surface area (Å²) < 4.78 is 16.8. The van der Waals surface area contributed by atoms with Crippen LogP contribution in [0.4, 0.5) is 9.18 Å². The molecule has 0 aliphatic carbocycles. The number of primary amides is 1. The topological polar surface area (TPSA) is 52.3 Å². The molecule has 2 N–H and O–H groups in total. The van der Waals surface area contributed by atoms with Crippen LogP contribution < -0.4 is 10.5 Å². The Morgan fingerprint density at radius 3 is 2.50 bits per heavy atom. The maximum Gasteiger partial charge on any atom is 0.409 e. The summed E-state index contributed by atoms with van der Waals surface area (Å²) in [5.74, 6) is -0.360. The van der Waals surface area contributed by atoms with E-state index in [1.165, 1.54) is 18.2 Å². The minimum Gasteiger partial charge on any atom is -0.410 e. The fourth-order valence-corrected chi connectivity index (χ4v) is 0.647. The van der Waals surface area contributed by atoms with E-state index in [9.17, 15) is 9.18 Å². The molecule has 14 heavy (non-hydrogen) atoms. The molecule has 0 aromatic heterocycles. The van der Waals surface area contributed by atoms with Gasteiger partial charge in [0.05, 0.1) is 5.34 Å². The third-order valence-corrected chi connectivity index (χ3v) is 1.01. The fraction of sp³-hybridized carbons (Fsp3) is 0.125. The van der Waals surface area contributed by atoms with E-state index in [0.29, 0.717) is 0 Å². The van der Waals surface area contributed by atoms with E-state index < -0.39 is 11.9 Å². The van der Waals surface area contributed by atoms with Gasteiger partial charge in [0.1, 0.15) is 11.6 Å². The van der Waals surface area contributed by atoms with Crippen LogP contribution in [0.1, 0.15) is 0 Å². The normalized spacial score (nSPS) is 8.50. The Bertz CT molecular complexity index is 296. The summed E-state index contributed by atoms with van der Waals surface area (Å²) in [5.41, 5.74) is 4.69. The predicted molar refractivity (Wildman–Crippen MR) is 53.2 cm³/mol. The number of rotatable bonds is 1. The molecule has 0 saturated carbocycles. The summed E-state index contributed by atoms with van der Waals surface area (Å²) in [4.78, 5) is 10.2.